The molecule has 0 radical (unpaired) electrons. The van der Waals surface area contributed by atoms with Crippen molar-refractivity contribution in [3.8, 4) is 0 Å². The van der Waals surface area contributed by atoms with Crippen molar-refractivity contribution < 1.29 is 0 Å². The molecule has 0 saturated heterocycles. The van der Waals surface area contributed by atoms with Gasteiger partial charge in [-0.05, 0) is 42.1 Å². The molecule has 106 valence electrons. The second kappa shape index (κ2) is 7.20. The summed E-state index contributed by atoms with van der Waals surface area (Å²) in [7, 11) is 0. The highest BCUT2D eigenvalue weighted by molar-refractivity contribution is 5.34. The third-order valence-corrected chi connectivity index (χ3v) is 3.46. The molecule has 2 nitrogen and oxygen atoms in total. The number of hydrogen-bond acceptors (Lipinski definition) is 2. The van der Waals surface area contributed by atoms with Gasteiger partial charge in [0.05, 0.1) is 6.04 Å². The predicted molar refractivity (Wildman–Crippen MR) is 84.9 cm³/mol. The lowest BCUT2D eigenvalue weighted by Crippen LogP contribution is -2.22. The quantitative estimate of drug-likeness (QED) is 0.855. The summed E-state index contributed by atoms with van der Waals surface area (Å²) in [6, 6.07) is 11.3. The van der Waals surface area contributed by atoms with Crippen molar-refractivity contribution in [2.75, 3.05) is 6.54 Å². The average Bonchev–Trinajstić information content (AvgIpc) is 2.45. The lowest BCUT2D eigenvalue weighted by Gasteiger charge is -2.19. The lowest BCUT2D eigenvalue weighted by atomic mass is 9.96. The maximum atomic E-state index is 4.33. The number of aromatic nitrogens is 1. The zero-order valence-electron chi connectivity index (χ0n) is 12.7. The minimum atomic E-state index is 0.226. The van der Waals surface area contributed by atoms with Crippen molar-refractivity contribution in [3.63, 3.8) is 0 Å². The van der Waals surface area contributed by atoms with Crippen LogP contribution in [0.15, 0.2) is 42.7 Å². The van der Waals surface area contributed by atoms with E-state index in [1.807, 2.05) is 12.4 Å². The number of rotatable bonds is 6. The molecule has 2 aromatic rings. The molecular weight excluding hydrogens is 244 g/mol. The van der Waals surface area contributed by atoms with Gasteiger partial charge in [0.2, 0.25) is 0 Å². The fourth-order valence-corrected chi connectivity index (χ4v) is 2.59. The van der Waals surface area contributed by atoms with E-state index >= 15 is 0 Å². The van der Waals surface area contributed by atoms with E-state index in [1.165, 1.54) is 28.7 Å². The number of pyridine rings is 1. The van der Waals surface area contributed by atoms with E-state index in [0.717, 1.165) is 13.0 Å². The second-order valence-corrected chi connectivity index (χ2v) is 5.28. The number of nitrogens with zero attached hydrogens (tertiary/aromatic N) is 1. The van der Waals surface area contributed by atoms with Crippen molar-refractivity contribution in [1.29, 1.82) is 0 Å². The van der Waals surface area contributed by atoms with Crippen molar-refractivity contribution >= 4 is 0 Å². The normalized spacial score (nSPS) is 12.3. The molecular formula is C18H24N2. The fraction of sp³-hybridized carbons (Fsp3) is 0.389. The Morgan fingerprint density at radius 1 is 1.10 bits per heavy atom. The zero-order chi connectivity index (χ0) is 14.4. The average molecular weight is 268 g/mol. The van der Waals surface area contributed by atoms with E-state index < -0.39 is 0 Å². The van der Waals surface area contributed by atoms with E-state index in [9.17, 15) is 0 Å². The SMILES string of the molecule is CCCc1cccc(C(NCC)c2cncc(C)c2)c1. The van der Waals surface area contributed by atoms with E-state index in [4.69, 9.17) is 0 Å². The van der Waals surface area contributed by atoms with Gasteiger partial charge in [-0.25, -0.2) is 0 Å². The van der Waals surface area contributed by atoms with E-state index in [0.29, 0.717) is 0 Å². The summed E-state index contributed by atoms with van der Waals surface area (Å²) in [5.41, 5.74) is 5.18. The van der Waals surface area contributed by atoms with Crippen LogP contribution in [0.25, 0.3) is 0 Å². The first-order valence-corrected chi connectivity index (χ1v) is 7.48. The molecule has 0 saturated carbocycles. The maximum Gasteiger partial charge on any atom is 0.0592 e. The molecule has 0 aliphatic rings. The third-order valence-electron chi connectivity index (χ3n) is 3.46. The molecule has 1 atom stereocenters. The minimum Gasteiger partial charge on any atom is -0.306 e. The van der Waals surface area contributed by atoms with Crippen LogP contribution in [-0.2, 0) is 6.42 Å². The second-order valence-electron chi connectivity index (χ2n) is 5.28. The van der Waals surface area contributed by atoms with Crippen molar-refractivity contribution in [2.45, 2.75) is 39.7 Å². The van der Waals surface area contributed by atoms with E-state index in [2.05, 4.69) is 61.4 Å². The summed E-state index contributed by atoms with van der Waals surface area (Å²) < 4.78 is 0. The van der Waals surface area contributed by atoms with Crippen molar-refractivity contribution in [2.24, 2.45) is 0 Å². The Hall–Kier alpha value is -1.67. The Morgan fingerprint density at radius 3 is 2.65 bits per heavy atom. The Kier molecular flexibility index (Phi) is 5.31. The standard InChI is InChI=1S/C18H24N2/c1-4-7-15-8-6-9-16(11-15)18(20-5-2)17-10-14(3)12-19-13-17/h6,8-13,18,20H,4-5,7H2,1-3H3. The summed E-state index contributed by atoms with van der Waals surface area (Å²) in [6.45, 7) is 7.40. The van der Waals surface area contributed by atoms with Gasteiger partial charge in [-0.3, -0.25) is 4.98 Å². The van der Waals surface area contributed by atoms with Gasteiger partial charge in [0.15, 0.2) is 0 Å². The summed E-state index contributed by atoms with van der Waals surface area (Å²) in [5.74, 6) is 0. The molecule has 0 bridgehead atoms. The van der Waals surface area contributed by atoms with Crippen LogP contribution in [0.4, 0.5) is 0 Å². The molecule has 1 N–H and O–H groups in total. The molecule has 2 rings (SSSR count). The van der Waals surface area contributed by atoms with Crippen LogP contribution in [0.3, 0.4) is 0 Å². The summed E-state index contributed by atoms with van der Waals surface area (Å²) in [6.07, 6.45) is 6.19. The largest absolute Gasteiger partial charge is 0.306 e. The Bertz CT molecular complexity index is 549. The number of aryl methyl sites for hydroxylation is 2. The van der Waals surface area contributed by atoms with Crippen LogP contribution in [0, 0.1) is 6.92 Å². The van der Waals surface area contributed by atoms with Gasteiger partial charge in [-0.1, -0.05) is 50.6 Å². The first kappa shape index (κ1) is 14.7. The molecule has 0 fully saturated rings. The van der Waals surface area contributed by atoms with Gasteiger partial charge in [-0.15, -0.1) is 0 Å². The van der Waals surface area contributed by atoms with Gasteiger partial charge < -0.3 is 5.32 Å². The lowest BCUT2D eigenvalue weighted by molar-refractivity contribution is 0.627. The molecule has 0 spiro atoms. The van der Waals surface area contributed by atoms with Crippen molar-refractivity contribution in [1.82, 2.24) is 10.3 Å². The van der Waals surface area contributed by atoms with Gasteiger partial charge in [-0.2, -0.15) is 0 Å². The summed E-state index contributed by atoms with van der Waals surface area (Å²) in [4.78, 5) is 4.33. The zero-order valence-corrected chi connectivity index (χ0v) is 12.7. The van der Waals surface area contributed by atoms with Crippen LogP contribution in [0.5, 0.6) is 0 Å². The van der Waals surface area contributed by atoms with Crippen LogP contribution < -0.4 is 5.32 Å². The highest BCUT2D eigenvalue weighted by atomic mass is 14.9. The number of benzene rings is 1. The van der Waals surface area contributed by atoms with Gasteiger partial charge >= 0.3 is 0 Å². The minimum absolute atomic E-state index is 0.226. The Labute approximate surface area is 122 Å². The van der Waals surface area contributed by atoms with Crippen LogP contribution in [0.2, 0.25) is 0 Å². The number of nitrogens with one attached hydrogen (secondary N) is 1. The van der Waals surface area contributed by atoms with E-state index in [-0.39, 0.29) is 6.04 Å². The molecule has 0 aliphatic heterocycles. The predicted octanol–water partition coefficient (Wildman–Crippen LogP) is 4.04. The van der Waals surface area contributed by atoms with Crippen molar-refractivity contribution in [3.05, 3.63) is 65.0 Å². The van der Waals surface area contributed by atoms with Gasteiger partial charge in [0, 0.05) is 12.4 Å². The molecule has 0 amide bonds. The summed E-state index contributed by atoms with van der Waals surface area (Å²) >= 11 is 0. The van der Waals surface area contributed by atoms with Crippen LogP contribution >= 0.6 is 0 Å². The van der Waals surface area contributed by atoms with Crippen LogP contribution in [-0.4, -0.2) is 11.5 Å². The molecule has 1 unspecified atom stereocenters. The Balaban J connectivity index is 2.35. The fourth-order valence-electron chi connectivity index (χ4n) is 2.59. The first-order chi connectivity index (χ1) is 9.74. The molecule has 20 heavy (non-hydrogen) atoms. The molecule has 1 aromatic heterocycles. The molecule has 0 aliphatic carbocycles. The molecule has 1 heterocycles. The highest BCUT2D eigenvalue weighted by Crippen LogP contribution is 2.23. The smallest absolute Gasteiger partial charge is 0.0592 e. The Morgan fingerprint density at radius 2 is 1.95 bits per heavy atom. The van der Waals surface area contributed by atoms with Gasteiger partial charge in [0.25, 0.3) is 0 Å². The van der Waals surface area contributed by atoms with Gasteiger partial charge in [0.1, 0.15) is 0 Å². The highest BCUT2D eigenvalue weighted by Gasteiger charge is 2.13. The third kappa shape index (κ3) is 3.67. The summed E-state index contributed by atoms with van der Waals surface area (Å²) in [5, 5.41) is 3.57. The molecule has 1 aromatic carbocycles. The topological polar surface area (TPSA) is 24.9 Å². The monoisotopic (exact) mass is 268 g/mol. The van der Waals surface area contributed by atoms with E-state index in [1.54, 1.807) is 0 Å². The molecule has 2 heteroatoms. The maximum absolute atomic E-state index is 4.33. The first-order valence-electron chi connectivity index (χ1n) is 7.48. The van der Waals surface area contributed by atoms with Crippen LogP contribution in [0.1, 0.15) is 48.6 Å². The number of hydrogen-bond donors (Lipinski definition) is 1.